The van der Waals surface area contributed by atoms with Gasteiger partial charge in [0.1, 0.15) is 5.75 Å². The third-order valence-electron chi connectivity index (χ3n) is 3.44. The van der Waals surface area contributed by atoms with Crippen molar-refractivity contribution in [2.75, 3.05) is 6.61 Å². The van der Waals surface area contributed by atoms with Crippen LogP contribution in [0, 0.1) is 5.92 Å². The second kappa shape index (κ2) is 3.43. The van der Waals surface area contributed by atoms with Crippen LogP contribution in [0.5, 0.6) is 5.75 Å². The highest BCUT2D eigenvalue weighted by atomic mass is 32.1. The molecule has 0 aromatic heterocycles. The average Bonchev–Trinajstić information content (AvgIpc) is 2.61. The lowest BCUT2D eigenvalue weighted by Crippen LogP contribution is -2.53. The lowest BCUT2D eigenvalue weighted by atomic mass is 9.77. The molecule has 3 rings (SSSR count). The van der Waals surface area contributed by atoms with Crippen molar-refractivity contribution in [3.8, 4) is 5.75 Å². The predicted molar refractivity (Wildman–Crippen MR) is 66.7 cm³/mol. The maximum atomic E-state index is 12.2. The first kappa shape index (κ1) is 10.5. The van der Waals surface area contributed by atoms with Crippen LogP contribution < -0.4 is 15.4 Å². The van der Waals surface area contributed by atoms with Crippen molar-refractivity contribution < 1.29 is 9.53 Å². The van der Waals surface area contributed by atoms with E-state index in [1.165, 1.54) is 0 Å². The normalized spacial score (nSPS) is 30.5. The van der Waals surface area contributed by atoms with Gasteiger partial charge in [-0.15, -0.1) is 0 Å². The van der Waals surface area contributed by atoms with Gasteiger partial charge in [0.15, 0.2) is 10.7 Å². The van der Waals surface area contributed by atoms with Crippen molar-refractivity contribution in [3.63, 3.8) is 0 Å². The zero-order valence-electron chi connectivity index (χ0n) is 9.32. The Morgan fingerprint density at radius 2 is 2.24 bits per heavy atom. The van der Waals surface area contributed by atoms with Crippen LogP contribution in [0.1, 0.15) is 12.5 Å². The number of thiocarbonyl (C=S) groups is 1. The Morgan fingerprint density at radius 1 is 1.47 bits per heavy atom. The summed E-state index contributed by atoms with van der Waals surface area (Å²) < 4.78 is 5.64. The maximum Gasteiger partial charge on any atom is 0.257 e. The Kier molecular flexibility index (Phi) is 2.13. The molecule has 1 aromatic rings. The van der Waals surface area contributed by atoms with E-state index in [1.54, 1.807) is 0 Å². The van der Waals surface area contributed by atoms with Crippen molar-refractivity contribution in [3.05, 3.63) is 29.8 Å². The van der Waals surface area contributed by atoms with Gasteiger partial charge in [0.2, 0.25) is 0 Å². The van der Waals surface area contributed by atoms with Crippen LogP contribution in [-0.4, -0.2) is 17.6 Å². The zero-order valence-corrected chi connectivity index (χ0v) is 10.1. The molecule has 0 saturated carbocycles. The van der Waals surface area contributed by atoms with Crippen LogP contribution >= 0.6 is 12.2 Å². The van der Waals surface area contributed by atoms with Gasteiger partial charge in [-0.3, -0.25) is 4.79 Å². The van der Waals surface area contributed by atoms with E-state index in [1.807, 2.05) is 31.2 Å². The van der Waals surface area contributed by atoms with Crippen LogP contribution in [0.2, 0.25) is 0 Å². The van der Waals surface area contributed by atoms with Crippen LogP contribution in [0.3, 0.4) is 0 Å². The molecule has 1 aromatic carbocycles. The highest BCUT2D eigenvalue weighted by Crippen LogP contribution is 2.41. The first-order valence-electron chi connectivity index (χ1n) is 5.50. The Balaban J connectivity index is 2.22. The Morgan fingerprint density at radius 3 is 2.94 bits per heavy atom. The minimum atomic E-state index is -0.772. The summed E-state index contributed by atoms with van der Waals surface area (Å²) in [6.45, 7) is 2.48. The highest BCUT2D eigenvalue weighted by molar-refractivity contribution is 7.80. The molecule has 1 amide bonds. The lowest BCUT2D eigenvalue weighted by Gasteiger charge is -2.38. The molecule has 2 unspecified atom stereocenters. The monoisotopic (exact) mass is 248 g/mol. The minimum Gasteiger partial charge on any atom is -0.493 e. The van der Waals surface area contributed by atoms with E-state index in [0.29, 0.717) is 11.7 Å². The van der Waals surface area contributed by atoms with Gasteiger partial charge in [-0.1, -0.05) is 25.1 Å². The average molecular weight is 248 g/mol. The van der Waals surface area contributed by atoms with E-state index in [0.717, 1.165) is 11.3 Å². The number of ether oxygens (including phenoxy) is 1. The molecule has 2 heterocycles. The number of carbonyl (C=O) groups is 1. The molecule has 2 aliphatic rings. The van der Waals surface area contributed by atoms with E-state index in [2.05, 4.69) is 10.6 Å². The standard InChI is InChI=1S/C12H12N2O2S/c1-7-6-16-9-5-3-2-4-8(9)12(7)10(15)13-11(17)14-12/h2-5,7H,6H2,1H3,(H2,13,14,15,17). The van der Waals surface area contributed by atoms with Gasteiger partial charge >= 0.3 is 0 Å². The quantitative estimate of drug-likeness (QED) is 0.670. The van der Waals surface area contributed by atoms with E-state index >= 15 is 0 Å². The molecule has 2 aliphatic heterocycles. The molecular weight excluding hydrogens is 236 g/mol. The third kappa shape index (κ3) is 1.29. The Hall–Kier alpha value is -1.62. The fraction of sp³-hybridized carbons (Fsp3) is 0.333. The lowest BCUT2D eigenvalue weighted by molar-refractivity contribution is -0.127. The summed E-state index contributed by atoms with van der Waals surface area (Å²) in [5.74, 6) is 0.682. The van der Waals surface area contributed by atoms with E-state index in [9.17, 15) is 4.79 Å². The number of hydrogen-bond acceptors (Lipinski definition) is 3. The molecule has 1 fully saturated rings. The molecule has 4 nitrogen and oxygen atoms in total. The fourth-order valence-electron chi connectivity index (χ4n) is 2.53. The number of benzene rings is 1. The van der Waals surface area contributed by atoms with Crippen molar-refractivity contribution >= 4 is 23.2 Å². The summed E-state index contributed by atoms with van der Waals surface area (Å²) in [7, 11) is 0. The van der Waals surface area contributed by atoms with E-state index in [-0.39, 0.29) is 11.8 Å². The molecule has 1 spiro atoms. The maximum absolute atomic E-state index is 12.2. The molecule has 17 heavy (non-hydrogen) atoms. The highest BCUT2D eigenvalue weighted by Gasteiger charge is 2.53. The SMILES string of the molecule is CC1COc2ccccc2C12NC(=S)NC2=O. The Bertz CT molecular complexity index is 517. The molecule has 2 N–H and O–H groups in total. The van der Waals surface area contributed by atoms with Gasteiger partial charge in [-0.25, -0.2) is 0 Å². The molecule has 88 valence electrons. The molecular formula is C12H12N2O2S. The van der Waals surface area contributed by atoms with Gasteiger partial charge in [-0.2, -0.15) is 0 Å². The van der Waals surface area contributed by atoms with Crippen molar-refractivity contribution in [1.82, 2.24) is 10.6 Å². The molecule has 0 bridgehead atoms. The van der Waals surface area contributed by atoms with Crippen LogP contribution in [0.25, 0.3) is 0 Å². The number of carbonyl (C=O) groups excluding carboxylic acids is 1. The number of nitrogens with one attached hydrogen (secondary N) is 2. The number of hydrogen-bond donors (Lipinski definition) is 2. The van der Waals surface area contributed by atoms with Gasteiger partial charge in [0.25, 0.3) is 5.91 Å². The second-order valence-corrected chi connectivity index (χ2v) is 4.83. The number of fused-ring (bicyclic) bond motifs is 2. The third-order valence-corrected chi connectivity index (χ3v) is 3.64. The summed E-state index contributed by atoms with van der Waals surface area (Å²) in [4.78, 5) is 12.2. The van der Waals surface area contributed by atoms with Gasteiger partial charge < -0.3 is 15.4 Å². The van der Waals surface area contributed by atoms with Crippen molar-refractivity contribution in [1.29, 1.82) is 0 Å². The number of rotatable bonds is 0. The van der Waals surface area contributed by atoms with E-state index < -0.39 is 5.54 Å². The van der Waals surface area contributed by atoms with Crippen molar-refractivity contribution in [2.45, 2.75) is 12.5 Å². The summed E-state index contributed by atoms with van der Waals surface area (Å²) >= 11 is 5.05. The topological polar surface area (TPSA) is 50.4 Å². The molecule has 0 radical (unpaired) electrons. The molecule has 0 aliphatic carbocycles. The van der Waals surface area contributed by atoms with Crippen LogP contribution in [-0.2, 0) is 10.3 Å². The van der Waals surface area contributed by atoms with Crippen LogP contribution in [0.15, 0.2) is 24.3 Å². The largest absolute Gasteiger partial charge is 0.493 e. The molecule has 2 atom stereocenters. The number of para-hydroxylation sites is 1. The molecule has 5 heteroatoms. The van der Waals surface area contributed by atoms with E-state index in [4.69, 9.17) is 17.0 Å². The van der Waals surface area contributed by atoms with Crippen LogP contribution in [0.4, 0.5) is 0 Å². The van der Waals surface area contributed by atoms with Crippen molar-refractivity contribution in [2.24, 2.45) is 5.92 Å². The first-order chi connectivity index (χ1) is 8.14. The summed E-state index contributed by atoms with van der Waals surface area (Å²) in [6, 6.07) is 7.58. The smallest absolute Gasteiger partial charge is 0.257 e. The predicted octanol–water partition coefficient (Wildman–Crippen LogP) is 0.915. The Labute approximate surface area is 104 Å². The van der Waals surface area contributed by atoms with Gasteiger partial charge in [-0.05, 0) is 18.3 Å². The number of amides is 1. The minimum absolute atomic E-state index is 0.0258. The first-order valence-corrected chi connectivity index (χ1v) is 5.91. The van der Waals surface area contributed by atoms with Gasteiger partial charge in [0, 0.05) is 11.5 Å². The van der Waals surface area contributed by atoms with Gasteiger partial charge in [0.05, 0.1) is 6.61 Å². The molecule has 1 saturated heterocycles. The zero-order chi connectivity index (χ0) is 12.0. The summed E-state index contributed by atoms with van der Waals surface area (Å²) in [5, 5.41) is 6.18. The fourth-order valence-corrected chi connectivity index (χ4v) is 2.78. The summed E-state index contributed by atoms with van der Waals surface area (Å²) in [6.07, 6.45) is 0. The second-order valence-electron chi connectivity index (χ2n) is 4.42. The summed E-state index contributed by atoms with van der Waals surface area (Å²) in [5.41, 5.74) is 0.0856.